The van der Waals surface area contributed by atoms with Crippen molar-refractivity contribution >= 4 is 17.3 Å². The highest BCUT2D eigenvalue weighted by atomic mass is 32.1. The molecule has 0 saturated heterocycles. The molecule has 0 radical (unpaired) electrons. The second kappa shape index (κ2) is 7.92. The van der Waals surface area contributed by atoms with Crippen LogP contribution < -0.4 is 0 Å². The molecule has 0 bridgehead atoms. The molecule has 4 rings (SSSR count). The lowest BCUT2D eigenvalue weighted by Crippen LogP contribution is -2.08. The van der Waals surface area contributed by atoms with E-state index >= 15 is 0 Å². The molecule has 0 fully saturated rings. The van der Waals surface area contributed by atoms with Crippen LogP contribution in [0.2, 0.25) is 0 Å². The molecule has 0 saturated carbocycles. The molecule has 1 aromatic carbocycles. The van der Waals surface area contributed by atoms with Crippen molar-refractivity contribution < 1.29 is 18.4 Å². The van der Waals surface area contributed by atoms with Gasteiger partial charge in [-0.2, -0.15) is 9.97 Å². The molecule has 3 aromatic heterocycles. The van der Waals surface area contributed by atoms with E-state index in [0.717, 1.165) is 4.88 Å². The minimum absolute atomic E-state index is 0.102. The highest BCUT2D eigenvalue weighted by Gasteiger charge is 2.21. The molecule has 0 aliphatic heterocycles. The van der Waals surface area contributed by atoms with Crippen LogP contribution in [0.3, 0.4) is 0 Å². The third-order valence-corrected chi connectivity index (χ3v) is 4.80. The molecule has 0 amide bonds. The van der Waals surface area contributed by atoms with Gasteiger partial charge in [0, 0.05) is 5.92 Å². The summed E-state index contributed by atoms with van der Waals surface area (Å²) in [5.74, 6) is 0.0668. The van der Waals surface area contributed by atoms with Crippen molar-refractivity contribution in [2.45, 2.75) is 26.4 Å². The van der Waals surface area contributed by atoms with Gasteiger partial charge in [0.05, 0.1) is 10.6 Å². The van der Waals surface area contributed by atoms with E-state index in [1.54, 1.807) is 12.1 Å². The number of thiophene rings is 1. The summed E-state index contributed by atoms with van der Waals surface area (Å²) in [6, 6.07) is 9.47. The van der Waals surface area contributed by atoms with E-state index in [1.165, 1.54) is 28.2 Å². The quantitative estimate of drug-likeness (QED) is 0.441. The van der Waals surface area contributed by atoms with Gasteiger partial charge in [-0.3, -0.25) is 0 Å². The van der Waals surface area contributed by atoms with E-state index < -0.39 is 5.97 Å². The molecule has 0 atom stereocenters. The summed E-state index contributed by atoms with van der Waals surface area (Å²) in [6.07, 6.45) is 0. The molecule has 148 valence electrons. The summed E-state index contributed by atoms with van der Waals surface area (Å²) < 4.78 is 25.0. The zero-order chi connectivity index (χ0) is 20.4. The summed E-state index contributed by atoms with van der Waals surface area (Å²) in [4.78, 5) is 21.8. The van der Waals surface area contributed by atoms with Crippen LogP contribution in [-0.2, 0) is 11.3 Å². The van der Waals surface area contributed by atoms with Gasteiger partial charge in [0.15, 0.2) is 18.3 Å². The fourth-order valence-electron chi connectivity index (χ4n) is 2.48. The minimum Gasteiger partial charge on any atom is -0.450 e. The summed E-state index contributed by atoms with van der Waals surface area (Å²) in [5.41, 5.74) is 0.569. The maximum absolute atomic E-state index is 13.3. The fraction of sp³-hybridized carbons (Fsp3) is 0.211. The van der Waals surface area contributed by atoms with Crippen molar-refractivity contribution in [1.82, 2.24) is 24.9 Å². The van der Waals surface area contributed by atoms with Crippen molar-refractivity contribution in [2.75, 3.05) is 0 Å². The lowest BCUT2D eigenvalue weighted by atomic mass is 10.2. The monoisotopic (exact) mass is 413 g/mol. The van der Waals surface area contributed by atoms with E-state index in [1.807, 2.05) is 31.4 Å². The van der Waals surface area contributed by atoms with Crippen LogP contribution >= 0.6 is 11.3 Å². The molecule has 0 aliphatic rings. The molecule has 10 heteroatoms. The first-order chi connectivity index (χ1) is 14.0. The number of hydrogen-bond acceptors (Lipinski definition) is 8. The number of ether oxygens (including phenoxy) is 1. The van der Waals surface area contributed by atoms with Crippen LogP contribution in [0.5, 0.6) is 0 Å². The number of halogens is 1. The van der Waals surface area contributed by atoms with E-state index in [-0.39, 0.29) is 30.1 Å². The van der Waals surface area contributed by atoms with E-state index in [0.29, 0.717) is 17.3 Å². The first kappa shape index (κ1) is 18.9. The molecular formula is C19H16FN5O3S. The second-order valence-electron chi connectivity index (χ2n) is 6.40. The molecule has 8 nitrogen and oxygen atoms in total. The molecule has 3 heterocycles. The summed E-state index contributed by atoms with van der Waals surface area (Å²) in [7, 11) is 0. The standard InChI is InChI=1S/C19H16FN5O3S/c1-11(2)16-21-15(28-24-16)10-27-19(26)17-22-18(14-4-3-9-29-14)25(23-17)13-7-5-12(20)6-8-13/h3-9,11H,10H2,1-2H3. The normalized spacial score (nSPS) is 11.2. The van der Waals surface area contributed by atoms with Crippen molar-refractivity contribution in [3.8, 4) is 16.4 Å². The molecule has 0 N–H and O–H groups in total. The lowest BCUT2D eigenvalue weighted by Gasteiger charge is -2.03. The Balaban J connectivity index is 1.59. The molecule has 4 aromatic rings. The first-order valence-electron chi connectivity index (χ1n) is 8.77. The molecule has 0 spiro atoms. The van der Waals surface area contributed by atoms with Crippen molar-refractivity contribution in [3.05, 3.63) is 65.1 Å². The molecule has 0 aliphatic carbocycles. The Morgan fingerprint density at radius 3 is 2.69 bits per heavy atom. The number of aromatic nitrogens is 5. The van der Waals surface area contributed by atoms with Crippen LogP contribution in [0.4, 0.5) is 4.39 Å². The van der Waals surface area contributed by atoms with Gasteiger partial charge in [-0.05, 0) is 35.7 Å². The number of esters is 1. The number of rotatable bonds is 6. The molecular weight excluding hydrogens is 397 g/mol. The number of nitrogens with zero attached hydrogens (tertiary/aromatic N) is 5. The largest absolute Gasteiger partial charge is 0.450 e. The highest BCUT2D eigenvalue weighted by Crippen LogP contribution is 2.26. The average molecular weight is 413 g/mol. The smallest absolute Gasteiger partial charge is 0.378 e. The van der Waals surface area contributed by atoms with Crippen LogP contribution in [0.25, 0.3) is 16.4 Å². The third kappa shape index (κ3) is 4.06. The van der Waals surface area contributed by atoms with Crippen molar-refractivity contribution in [3.63, 3.8) is 0 Å². The summed E-state index contributed by atoms with van der Waals surface area (Å²) in [6.45, 7) is 3.68. The van der Waals surface area contributed by atoms with Gasteiger partial charge in [-0.25, -0.2) is 13.9 Å². The predicted octanol–water partition coefficient (Wildman–Crippen LogP) is 4.00. The Labute approximate surface area is 169 Å². The predicted molar refractivity (Wildman–Crippen MR) is 102 cm³/mol. The Morgan fingerprint density at radius 1 is 1.24 bits per heavy atom. The van der Waals surface area contributed by atoms with E-state index in [4.69, 9.17) is 9.26 Å². The minimum atomic E-state index is -0.729. The zero-order valence-corrected chi connectivity index (χ0v) is 16.4. The van der Waals surface area contributed by atoms with Gasteiger partial charge in [0.25, 0.3) is 11.7 Å². The van der Waals surface area contributed by atoms with Crippen LogP contribution in [-0.4, -0.2) is 30.9 Å². The molecule has 29 heavy (non-hydrogen) atoms. The summed E-state index contributed by atoms with van der Waals surface area (Å²) in [5, 5.41) is 9.97. The number of hydrogen-bond donors (Lipinski definition) is 0. The van der Waals surface area contributed by atoms with E-state index in [2.05, 4.69) is 20.2 Å². The van der Waals surface area contributed by atoms with Crippen LogP contribution in [0.15, 0.2) is 46.3 Å². The first-order valence-corrected chi connectivity index (χ1v) is 9.65. The van der Waals surface area contributed by atoms with Crippen molar-refractivity contribution in [1.29, 1.82) is 0 Å². The number of carbonyl (C=O) groups excluding carboxylic acids is 1. The Kier molecular flexibility index (Phi) is 5.17. The van der Waals surface area contributed by atoms with Gasteiger partial charge >= 0.3 is 5.97 Å². The lowest BCUT2D eigenvalue weighted by molar-refractivity contribution is 0.0415. The van der Waals surface area contributed by atoms with Gasteiger partial charge in [-0.15, -0.1) is 16.4 Å². The topological polar surface area (TPSA) is 95.9 Å². The maximum atomic E-state index is 13.3. The maximum Gasteiger partial charge on any atom is 0.378 e. The van der Waals surface area contributed by atoms with Crippen molar-refractivity contribution in [2.24, 2.45) is 0 Å². The zero-order valence-electron chi connectivity index (χ0n) is 15.6. The fourth-order valence-corrected chi connectivity index (χ4v) is 3.18. The van der Waals surface area contributed by atoms with Gasteiger partial charge in [-0.1, -0.05) is 25.1 Å². The SMILES string of the molecule is CC(C)c1noc(COC(=O)c2nc(-c3cccs3)n(-c3ccc(F)cc3)n2)n1. The number of benzene rings is 1. The van der Waals surface area contributed by atoms with E-state index in [9.17, 15) is 9.18 Å². The van der Waals surface area contributed by atoms with Crippen LogP contribution in [0.1, 0.15) is 42.1 Å². The number of carbonyl (C=O) groups is 1. The summed E-state index contributed by atoms with van der Waals surface area (Å²) >= 11 is 1.45. The Hall–Kier alpha value is -3.40. The Morgan fingerprint density at radius 2 is 2.03 bits per heavy atom. The highest BCUT2D eigenvalue weighted by molar-refractivity contribution is 7.13. The Bertz CT molecular complexity index is 1120. The second-order valence-corrected chi connectivity index (χ2v) is 7.35. The van der Waals surface area contributed by atoms with Gasteiger partial charge in [0.2, 0.25) is 0 Å². The third-order valence-electron chi connectivity index (χ3n) is 3.93. The van der Waals surface area contributed by atoms with Crippen LogP contribution in [0, 0.1) is 5.82 Å². The van der Waals surface area contributed by atoms with Gasteiger partial charge in [0.1, 0.15) is 5.82 Å². The van der Waals surface area contributed by atoms with Gasteiger partial charge < -0.3 is 9.26 Å². The average Bonchev–Trinajstić information content (AvgIpc) is 3.46. The molecule has 0 unspecified atom stereocenters.